The van der Waals surface area contributed by atoms with Gasteiger partial charge in [-0.3, -0.25) is 5.10 Å². The van der Waals surface area contributed by atoms with Crippen LogP contribution in [0.1, 0.15) is 10.4 Å². The molecule has 0 atom stereocenters. The largest absolute Gasteiger partial charge is 0.478 e. The van der Waals surface area contributed by atoms with Gasteiger partial charge < -0.3 is 5.11 Å². The van der Waals surface area contributed by atoms with E-state index in [1.165, 1.54) is 4.70 Å². The number of benzene rings is 2. The summed E-state index contributed by atoms with van der Waals surface area (Å²) in [5.41, 5.74) is 2.94. The van der Waals surface area contributed by atoms with E-state index in [0.29, 0.717) is 0 Å². The smallest absolute Gasteiger partial charge is 0.335 e. The van der Waals surface area contributed by atoms with Gasteiger partial charge in [0.15, 0.2) is 0 Å². The Balaban J connectivity index is 2.02. The van der Waals surface area contributed by atoms with Crippen molar-refractivity contribution in [3.05, 3.63) is 53.4 Å². The number of carbonyl (C=O) groups is 1. The third-order valence-corrected chi connectivity index (χ3v) is 4.51. The highest BCUT2D eigenvalue weighted by atomic mass is 32.1. The van der Waals surface area contributed by atoms with Crippen molar-refractivity contribution in [3.63, 3.8) is 0 Å². The van der Waals surface area contributed by atoms with E-state index in [1.807, 2.05) is 12.1 Å². The molecule has 2 aromatic heterocycles. The molecule has 0 fully saturated rings. The van der Waals surface area contributed by atoms with Crippen molar-refractivity contribution in [1.82, 2.24) is 10.2 Å². The summed E-state index contributed by atoms with van der Waals surface area (Å²) in [5, 5.41) is 20.5. The molecule has 0 bridgehead atoms. The molecule has 2 heterocycles. The lowest BCUT2D eigenvalue weighted by Crippen LogP contribution is -1.94. The number of nitrogens with one attached hydrogen (secondary N) is 1. The number of thiophene rings is 1. The number of aromatic amines is 1. The van der Waals surface area contributed by atoms with Crippen LogP contribution in [0.3, 0.4) is 0 Å². The SMILES string of the molecule is O=C(O)c1ccc2[nH]nc(-c3csc4ccccc34)c2c1. The van der Waals surface area contributed by atoms with Crippen molar-refractivity contribution in [2.75, 3.05) is 0 Å². The standard InChI is InChI=1S/C16H10N2O2S/c19-16(20)9-5-6-13-11(7-9)15(18-17-13)12-8-21-14-4-2-1-3-10(12)14/h1-8H,(H,17,18)(H,19,20). The summed E-state index contributed by atoms with van der Waals surface area (Å²) in [6.07, 6.45) is 0. The second-order valence-corrected chi connectivity index (χ2v) is 5.69. The first-order valence-corrected chi connectivity index (χ1v) is 7.30. The number of hydrogen-bond acceptors (Lipinski definition) is 3. The first kappa shape index (κ1) is 12.1. The number of rotatable bonds is 2. The second-order valence-electron chi connectivity index (χ2n) is 4.78. The molecule has 4 aromatic rings. The van der Waals surface area contributed by atoms with Crippen LogP contribution in [0, 0.1) is 0 Å². The van der Waals surface area contributed by atoms with Crippen LogP contribution in [-0.2, 0) is 0 Å². The van der Waals surface area contributed by atoms with Crippen molar-refractivity contribution in [2.24, 2.45) is 0 Å². The van der Waals surface area contributed by atoms with Crippen molar-refractivity contribution in [1.29, 1.82) is 0 Å². The molecule has 21 heavy (non-hydrogen) atoms. The van der Waals surface area contributed by atoms with E-state index in [9.17, 15) is 4.79 Å². The highest BCUT2D eigenvalue weighted by Gasteiger charge is 2.14. The fraction of sp³-hybridized carbons (Fsp3) is 0. The van der Waals surface area contributed by atoms with Gasteiger partial charge in [0.2, 0.25) is 0 Å². The van der Waals surface area contributed by atoms with E-state index in [0.717, 1.165) is 27.5 Å². The number of H-pyrrole nitrogens is 1. The first-order valence-electron chi connectivity index (χ1n) is 6.42. The van der Waals surface area contributed by atoms with Crippen LogP contribution in [0.15, 0.2) is 47.8 Å². The molecule has 2 aromatic carbocycles. The van der Waals surface area contributed by atoms with Gasteiger partial charge in [-0.2, -0.15) is 5.10 Å². The van der Waals surface area contributed by atoms with Crippen molar-refractivity contribution in [3.8, 4) is 11.3 Å². The number of hydrogen-bond donors (Lipinski definition) is 2. The Labute approximate surface area is 123 Å². The normalized spacial score (nSPS) is 11.2. The van der Waals surface area contributed by atoms with Crippen LogP contribution in [0.5, 0.6) is 0 Å². The summed E-state index contributed by atoms with van der Waals surface area (Å²) in [5.74, 6) is -0.931. The number of carboxylic acids is 1. The summed E-state index contributed by atoms with van der Waals surface area (Å²) < 4.78 is 1.19. The number of nitrogens with zero attached hydrogens (tertiary/aromatic N) is 1. The zero-order valence-electron chi connectivity index (χ0n) is 10.8. The maximum absolute atomic E-state index is 11.1. The van der Waals surface area contributed by atoms with Gasteiger partial charge in [0.25, 0.3) is 0 Å². The lowest BCUT2D eigenvalue weighted by atomic mass is 10.0. The van der Waals surface area contributed by atoms with E-state index in [2.05, 4.69) is 27.7 Å². The topological polar surface area (TPSA) is 66.0 Å². The molecule has 0 saturated heterocycles. The van der Waals surface area contributed by atoms with Crippen LogP contribution >= 0.6 is 11.3 Å². The van der Waals surface area contributed by atoms with Crippen molar-refractivity contribution in [2.45, 2.75) is 0 Å². The van der Waals surface area contributed by atoms with Crippen molar-refractivity contribution < 1.29 is 9.90 Å². The van der Waals surface area contributed by atoms with E-state index in [1.54, 1.807) is 29.5 Å². The van der Waals surface area contributed by atoms with Gasteiger partial charge >= 0.3 is 5.97 Å². The number of aromatic carboxylic acids is 1. The summed E-state index contributed by atoms with van der Waals surface area (Å²) >= 11 is 1.66. The van der Waals surface area contributed by atoms with Crippen LogP contribution in [0.4, 0.5) is 0 Å². The molecule has 0 unspecified atom stereocenters. The Morgan fingerprint density at radius 1 is 1.14 bits per heavy atom. The maximum Gasteiger partial charge on any atom is 0.335 e. The highest BCUT2D eigenvalue weighted by molar-refractivity contribution is 7.17. The van der Waals surface area contributed by atoms with Gasteiger partial charge in [-0.1, -0.05) is 18.2 Å². The fourth-order valence-corrected chi connectivity index (χ4v) is 3.46. The Morgan fingerprint density at radius 2 is 2.00 bits per heavy atom. The van der Waals surface area contributed by atoms with E-state index in [-0.39, 0.29) is 5.56 Å². The molecule has 2 N–H and O–H groups in total. The van der Waals surface area contributed by atoms with Gasteiger partial charge in [-0.25, -0.2) is 4.79 Å². The zero-order chi connectivity index (χ0) is 14.4. The third-order valence-electron chi connectivity index (χ3n) is 3.55. The van der Waals surface area contributed by atoms with Crippen LogP contribution < -0.4 is 0 Å². The molecular formula is C16H10N2O2S. The molecule has 0 saturated carbocycles. The van der Waals surface area contributed by atoms with Gasteiger partial charge in [0.1, 0.15) is 5.69 Å². The molecule has 102 valence electrons. The summed E-state index contributed by atoms with van der Waals surface area (Å²) in [6.45, 7) is 0. The Morgan fingerprint density at radius 3 is 2.86 bits per heavy atom. The maximum atomic E-state index is 11.1. The molecular weight excluding hydrogens is 284 g/mol. The predicted molar refractivity (Wildman–Crippen MR) is 83.9 cm³/mol. The summed E-state index contributed by atoms with van der Waals surface area (Å²) in [7, 11) is 0. The average Bonchev–Trinajstić information content (AvgIpc) is 3.09. The van der Waals surface area contributed by atoms with E-state index in [4.69, 9.17) is 5.11 Å². The minimum absolute atomic E-state index is 0.268. The minimum Gasteiger partial charge on any atom is -0.478 e. The van der Waals surface area contributed by atoms with Gasteiger partial charge in [-0.05, 0) is 24.3 Å². The van der Waals surface area contributed by atoms with Crippen LogP contribution in [0.2, 0.25) is 0 Å². The van der Waals surface area contributed by atoms with E-state index >= 15 is 0 Å². The fourth-order valence-electron chi connectivity index (χ4n) is 2.51. The highest BCUT2D eigenvalue weighted by Crippen LogP contribution is 2.36. The lowest BCUT2D eigenvalue weighted by Gasteiger charge is -1.98. The molecule has 0 radical (unpaired) electrons. The number of aromatic nitrogens is 2. The number of carboxylic acid groups (broad SMARTS) is 1. The average molecular weight is 294 g/mol. The zero-order valence-corrected chi connectivity index (χ0v) is 11.6. The van der Waals surface area contributed by atoms with Crippen molar-refractivity contribution >= 4 is 38.3 Å². The molecule has 0 spiro atoms. The predicted octanol–water partition coefficient (Wildman–Crippen LogP) is 4.14. The minimum atomic E-state index is -0.931. The quantitative estimate of drug-likeness (QED) is 0.584. The van der Waals surface area contributed by atoms with Gasteiger partial charge in [0, 0.05) is 26.4 Å². The molecule has 5 heteroatoms. The summed E-state index contributed by atoms with van der Waals surface area (Å²) in [6, 6.07) is 13.1. The van der Waals surface area contributed by atoms with Crippen LogP contribution in [-0.4, -0.2) is 21.3 Å². The second kappa shape index (κ2) is 4.43. The van der Waals surface area contributed by atoms with E-state index < -0.39 is 5.97 Å². The third kappa shape index (κ3) is 1.82. The van der Waals surface area contributed by atoms with Gasteiger partial charge in [-0.15, -0.1) is 11.3 Å². The molecule has 0 amide bonds. The molecule has 0 aliphatic carbocycles. The monoisotopic (exact) mass is 294 g/mol. The van der Waals surface area contributed by atoms with Gasteiger partial charge in [0.05, 0.1) is 11.1 Å². The van der Waals surface area contributed by atoms with Crippen LogP contribution in [0.25, 0.3) is 32.2 Å². The first-order chi connectivity index (χ1) is 10.2. The Kier molecular flexibility index (Phi) is 2.55. The number of fused-ring (bicyclic) bond motifs is 2. The molecule has 0 aliphatic heterocycles. The molecule has 4 nitrogen and oxygen atoms in total. The summed E-state index contributed by atoms with van der Waals surface area (Å²) in [4.78, 5) is 11.1. The Hall–Kier alpha value is -2.66. The Bertz CT molecular complexity index is 984. The molecule has 0 aliphatic rings. The lowest BCUT2D eigenvalue weighted by molar-refractivity contribution is 0.0697. The molecule has 4 rings (SSSR count).